The first kappa shape index (κ1) is 16.4. The van der Waals surface area contributed by atoms with E-state index in [0.717, 1.165) is 30.5 Å². The van der Waals surface area contributed by atoms with E-state index in [1.165, 1.54) is 24.3 Å². The standard InChI is InChI=1S/C19H20F2N2O/c20-16-7-3-14(4-8-16)18(15-5-9-17(21)10-6-15)2-1-12-23-13-11-22-19(23)24/h3-10,18H,1-2,11-13H2,(H,22,24). The van der Waals surface area contributed by atoms with E-state index in [-0.39, 0.29) is 23.6 Å². The van der Waals surface area contributed by atoms with Gasteiger partial charge in [0.1, 0.15) is 11.6 Å². The SMILES string of the molecule is O=C1NCCN1CCCC(c1ccc(F)cc1)c1ccc(F)cc1. The monoisotopic (exact) mass is 330 g/mol. The third-order valence-corrected chi connectivity index (χ3v) is 4.41. The largest absolute Gasteiger partial charge is 0.336 e. The summed E-state index contributed by atoms with van der Waals surface area (Å²) in [4.78, 5) is 13.4. The summed E-state index contributed by atoms with van der Waals surface area (Å²) >= 11 is 0. The van der Waals surface area contributed by atoms with Crippen molar-refractivity contribution in [2.24, 2.45) is 0 Å². The molecule has 5 heteroatoms. The van der Waals surface area contributed by atoms with Crippen LogP contribution in [0.3, 0.4) is 0 Å². The van der Waals surface area contributed by atoms with Crippen LogP contribution in [0.4, 0.5) is 13.6 Å². The predicted octanol–water partition coefficient (Wildman–Crippen LogP) is 3.90. The van der Waals surface area contributed by atoms with Crippen molar-refractivity contribution in [2.75, 3.05) is 19.6 Å². The molecule has 0 aliphatic carbocycles. The molecule has 1 heterocycles. The van der Waals surface area contributed by atoms with Crippen molar-refractivity contribution in [1.29, 1.82) is 0 Å². The van der Waals surface area contributed by atoms with Gasteiger partial charge >= 0.3 is 6.03 Å². The van der Waals surface area contributed by atoms with E-state index in [9.17, 15) is 13.6 Å². The fraction of sp³-hybridized carbons (Fsp3) is 0.316. The molecule has 0 unspecified atom stereocenters. The van der Waals surface area contributed by atoms with Crippen LogP contribution in [-0.2, 0) is 0 Å². The van der Waals surface area contributed by atoms with Crippen LogP contribution in [0.15, 0.2) is 48.5 Å². The highest BCUT2D eigenvalue weighted by Gasteiger charge is 2.20. The first-order valence-electron chi connectivity index (χ1n) is 8.17. The smallest absolute Gasteiger partial charge is 0.317 e. The van der Waals surface area contributed by atoms with E-state index in [2.05, 4.69) is 5.32 Å². The van der Waals surface area contributed by atoms with Gasteiger partial charge in [0.15, 0.2) is 0 Å². The first-order valence-corrected chi connectivity index (χ1v) is 8.17. The number of carbonyl (C=O) groups is 1. The van der Waals surface area contributed by atoms with Crippen LogP contribution >= 0.6 is 0 Å². The molecule has 0 saturated carbocycles. The second-order valence-corrected chi connectivity index (χ2v) is 6.02. The van der Waals surface area contributed by atoms with E-state index < -0.39 is 0 Å². The number of hydrogen-bond acceptors (Lipinski definition) is 1. The van der Waals surface area contributed by atoms with Crippen molar-refractivity contribution in [3.63, 3.8) is 0 Å². The summed E-state index contributed by atoms with van der Waals surface area (Å²) < 4.78 is 26.4. The lowest BCUT2D eigenvalue weighted by Gasteiger charge is -2.20. The summed E-state index contributed by atoms with van der Waals surface area (Å²) in [5.74, 6) is -0.493. The van der Waals surface area contributed by atoms with Crippen molar-refractivity contribution in [3.8, 4) is 0 Å². The molecule has 1 aliphatic heterocycles. The van der Waals surface area contributed by atoms with Crippen molar-refractivity contribution in [3.05, 3.63) is 71.3 Å². The number of nitrogens with zero attached hydrogens (tertiary/aromatic N) is 1. The highest BCUT2D eigenvalue weighted by molar-refractivity contribution is 5.76. The molecular formula is C19H20F2N2O. The second kappa shape index (κ2) is 7.43. The van der Waals surface area contributed by atoms with E-state index in [1.54, 1.807) is 29.2 Å². The Balaban J connectivity index is 1.73. The Bertz CT molecular complexity index is 640. The molecule has 126 valence electrons. The molecule has 24 heavy (non-hydrogen) atoms. The van der Waals surface area contributed by atoms with Gasteiger partial charge in [-0.25, -0.2) is 13.6 Å². The second-order valence-electron chi connectivity index (χ2n) is 6.02. The van der Waals surface area contributed by atoms with E-state index in [4.69, 9.17) is 0 Å². The van der Waals surface area contributed by atoms with Crippen molar-refractivity contribution < 1.29 is 13.6 Å². The van der Waals surface area contributed by atoms with Crippen molar-refractivity contribution in [2.45, 2.75) is 18.8 Å². The Morgan fingerprint density at radius 2 is 1.50 bits per heavy atom. The summed E-state index contributed by atoms with van der Waals surface area (Å²) in [5.41, 5.74) is 1.99. The number of benzene rings is 2. The summed E-state index contributed by atoms with van der Waals surface area (Å²) in [7, 11) is 0. The molecule has 1 fully saturated rings. The maximum Gasteiger partial charge on any atom is 0.317 e. The lowest BCUT2D eigenvalue weighted by atomic mass is 9.87. The third-order valence-electron chi connectivity index (χ3n) is 4.41. The van der Waals surface area contributed by atoms with Gasteiger partial charge in [-0.1, -0.05) is 24.3 Å². The van der Waals surface area contributed by atoms with Gasteiger partial charge in [0.25, 0.3) is 0 Å². The topological polar surface area (TPSA) is 32.3 Å². The van der Waals surface area contributed by atoms with Gasteiger partial charge in [0.05, 0.1) is 0 Å². The lowest BCUT2D eigenvalue weighted by Crippen LogP contribution is -2.29. The summed E-state index contributed by atoms with van der Waals surface area (Å²) in [5, 5.41) is 2.79. The molecule has 1 saturated heterocycles. The minimum Gasteiger partial charge on any atom is -0.336 e. The fourth-order valence-electron chi connectivity index (χ4n) is 3.13. The Morgan fingerprint density at radius 3 is 1.96 bits per heavy atom. The van der Waals surface area contributed by atoms with Crippen molar-refractivity contribution >= 4 is 6.03 Å². The van der Waals surface area contributed by atoms with E-state index in [0.29, 0.717) is 13.1 Å². The summed E-state index contributed by atoms with van der Waals surface area (Å²) in [6.45, 7) is 2.11. The zero-order valence-corrected chi connectivity index (χ0v) is 13.3. The number of hydrogen-bond donors (Lipinski definition) is 1. The fourth-order valence-corrected chi connectivity index (χ4v) is 3.13. The maximum absolute atomic E-state index is 13.2. The Labute approximate surface area is 140 Å². The van der Waals surface area contributed by atoms with Crippen LogP contribution in [0.2, 0.25) is 0 Å². The average Bonchev–Trinajstić information content (AvgIpc) is 2.99. The van der Waals surface area contributed by atoms with Gasteiger partial charge in [-0.2, -0.15) is 0 Å². The Morgan fingerprint density at radius 1 is 0.958 bits per heavy atom. The number of carbonyl (C=O) groups excluding carboxylic acids is 1. The van der Waals surface area contributed by atoms with E-state index in [1.807, 2.05) is 0 Å². The molecule has 1 aliphatic rings. The number of urea groups is 1. The summed E-state index contributed by atoms with van der Waals surface area (Å²) in [6.07, 6.45) is 1.63. The molecule has 0 radical (unpaired) electrons. The van der Waals surface area contributed by atoms with Gasteiger partial charge in [0, 0.05) is 25.6 Å². The minimum atomic E-state index is -0.273. The van der Waals surface area contributed by atoms with Gasteiger partial charge in [-0.3, -0.25) is 0 Å². The zero-order valence-electron chi connectivity index (χ0n) is 13.3. The minimum absolute atomic E-state index is 0.0184. The highest BCUT2D eigenvalue weighted by Crippen LogP contribution is 2.29. The molecule has 2 amide bonds. The van der Waals surface area contributed by atoms with E-state index >= 15 is 0 Å². The number of nitrogens with one attached hydrogen (secondary N) is 1. The van der Waals surface area contributed by atoms with Gasteiger partial charge in [-0.05, 0) is 48.2 Å². The normalized spacial score (nSPS) is 14.3. The van der Waals surface area contributed by atoms with Crippen LogP contribution in [-0.4, -0.2) is 30.6 Å². The zero-order chi connectivity index (χ0) is 16.9. The molecule has 1 N–H and O–H groups in total. The predicted molar refractivity (Wildman–Crippen MR) is 88.8 cm³/mol. The highest BCUT2D eigenvalue weighted by atomic mass is 19.1. The quantitative estimate of drug-likeness (QED) is 0.856. The average molecular weight is 330 g/mol. The molecule has 0 aromatic heterocycles. The number of halogens is 2. The van der Waals surface area contributed by atoms with Gasteiger partial charge in [-0.15, -0.1) is 0 Å². The Hall–Kier alpha value is -2.43. The molecule has 3 nitrogen and oxygen atoms in total. The maximum atomic E-state index is 13.2. The molecule has 0 atom stereocenters. The van der Waals surface area contributed by atoms with Crippen LogP contribution < -0.4 is 5.32 Å². The lowest BCUT2D eigenvalue weighted by molar-refractivity contribution is 0.216. The van der Waals surface area contributed by atoms with Crippen LogP contribution in [0, 0.1) is 11.6 Å². The molecule has 0 spiro atoms. The number of rotatable bonds is 6. The Kier molecular flexibility index (Phi) is 5.08. The van der Waals surface area contributed by atoms with Crippen LogP contribution in [0.1, 0.15) is 29.9 Å². The molecule has 2 aromatic carbocycles. The summed E-state index contributed by atoms with van der Waals surface area (Å²) in [6, 6.07) is 12.8. The molecule has 2 aromatic rings. The molecule has 0 bridgehead atoms. The van der Waals surface area contributed by atoms with Crippen molar-refractivity contribution in [1.82, 2.24) is 10.2 Å². The third kappa shape index (κ3) is 3.91. The van der Waals surface area contributed by atoms with Crippen LogP contribution in [0.5, 0.6) is 0 Å². The number of amides is 2. The van der Waals surface area contributed by atoms with Gasteiger partial charge in [0.2, 0.25) is 0 Å². The first-order chi connectivity index (χ1) is 11.6. The molecular weight excluding hydrogens is 310 g/mol. The van der Waals surface area contributed by atoms with Crippen LogP contribution in [0.25, 0.3) is 0 Å². The molecule has 3 rings (SSSR count). The van der Waals surface area contributed by atoms with Gasteiger partial charge < -0.3 is 10.2 Å².